The van der Waals surface area contributed by atoms with Crippen LogP contribution in [0, 0.1) is 10.1 Å². The molecule has 0 bridgehead atoms. The average molecular weight is 497 g/mol. The number of non-ortho nitro benzene ring substituents is 1. The van der Waals surface area contributed by atoms with Crippen LogP contribution in [0.2, 0.25) is 5.02 Å². The molecule has 0 spiro atoms. The second-order valence-corrected chi connectivity index (χ2v) is 7.38. The summed E-state index contributed by atoms with van der Waals surface area (Å²) in [5.41, 5.74) is 3.30. The summed E-state index contributed by atoms with van der Waals surface area (Å²) in [4.78, 5) is 34.7. The third-order valence-corrected chi connectivity index (χ3v) is 4.72. The van der Waals surface area contributed by atoms with Crippen molar-refractivity contribution in [1.29, 1.82) is 0 Å². The lowest BCUT2D eigenvalue weighted by Gasteiger charge is -2.14. The molecule has 0 aliphatic heterocycles. The van der Waals surface area contributed by atoms with Crippen LogP contribution in [0.4, 0.5) is 11.4 Å². The van der Waals surface area contributed by atoms with E-state index in [1.807, 2.05) is 6.07 Å². The molecular weight excluding hydrogens is 476 g/mol. The van der Waals surface area contributed by atoms with E-state index in [4.69, 9.17) is 21.1 Å². The molecule has 0 atom stereocenters. The molecule has 3 aromatic rings. The first-order chi connectivity index (χ1) is 16.9. The number of ether oxygens (including phenoxy) is 2. The van der Waals surface area contributed by atoms with E-state index in [0.717, 1.165) is 6.07 Å². The minimum absolute atomic E-state index is 0.0851. The van der Waals surface area contributed by atoms with Crippen LogP contribution >= 0.6 is 11.6 Å². The predicted molar refractivity (Wildman–Crippen MR) is 131 cm³/mol. The largest absolute Gasteiger partial charge is 0.490 e. The first-order valence-electron chi connectivity index (χ1n) is 10.4. The van der Waals surface area contributed by atoms with Crippen LogP contribution in [0.3, 0.4) is 0 Å². The Morgan fingerprint density at radius 3 is 2.57 bits per heavy atom. The number of hydrazone groups is 1. The molecule has 0 saturated carbocycles. The Labute approximate surface area is 205 Å². The van der Waals surface area contributed by atoms with Gasteiger partial charge in [-0.1, -0.05) is 35.9 Å². The summed E-state index contributed by atoms with van der Waals surface area (Å²) in [7, 11) is 0. The fourth-order valence-electron chi connectivity index (χ4n) is 2.91. The number of nitrogens with zero attached hydrogens (tertiary/aromatic N) is 2. The zero-order chi connectivity index (χ0) is 25.2. The fourth-order valence-corrected chi connectivity index (χ4v) is 3.19. The van der Waals surface area contributed by atoms with Crippen LogP contribution in [-0.4, -0.2) is 36.2 Å². The van der Waals surface area contributed by atoms with Crippen molar-refractivity contribution in [3.63, 3.8) is 0 Å². The van der Waals surface area contributed by atoms with Gasteiger partial charge in [-0.25, -0.2) is 5.43 Å². The molecule has 0 aromatic heterocycles. The van der Waals surface area contributed by atoms with E-state index in [9.17, 15) is 19.7 Å². The lowest BCUT2D eigenvalue weighted by atomic mass is 10.2. The number of rotatable bonds is 10. The maximum atomic E-state index is 12.2. The number of amides is 2. The van der Waals surface area contributed by atoms with Gasteiger partial charge >= 0.3 is 0 Å². The molecule has 180 valence electrons. The maximum absolute atomic E-state index is 12.2. The highest BCUT2D eigenvalue weighted by Gasteiger charge is 2.15. The number of halogens is 1. The number of benzene rings is 3. The number of anilines is 1. The molecule has 2 N–H and O–H groups in total. The number of carbonyl (C=O) groups excluding carboxylic acids is 2. The molecule has 0 aliphatic rings. The smallest absolute Gasteiger partial charge is 0.271 e. The van der Waals surface area contributed by atoms with E-state index >= 15 is 0 Å². The third-order valence-electron chi connectivity index (χ3n) is 4.44. The monoisotopic (exact) mass is 496 g/mol. The van der Waals surface area contributed by atoms with Crippen molar-refractivity contribution < 1.29 is 24.0 Å². The van der Waals surface area contributed by atoms with Crippen molar-refractivity contribution >= 4 is 41.0 Å². The summed E-state index contributed by atoms with van der Waals surface area (Å²) in [5.74, 6) is -0.511. The molecule has 3 rings (SSSR count). The van der Waals surface area contributed by atoms with E-state index in [1.165, 1.54) is 30.5 Å². The van der Waals surface area contributed by atoms with Gasteiger partial charge < -0.3 is 14.8 Å². The minimum Gasteiger partial charge on any atom is -0.490 e. The molecule has 0 fully saturated rings. The van der Waals surface area contributed by atoms with Gasteiger partial charge in [0.15, 0.2) is 18.1 Å². The zero-order valence-corrected chi connectivity index (χ0v) is 19.3. The molecule has 10 nitrogen and oxygen atoms in total. The summed E-state index contributed by atoms with van der Waals surface area (Å²) in [6.07, 6.45) is 1.33. The molecule has 0 unspecified atom stereocenters. The van der Waals surface area contributed by atoms with E-state index in [0.29, 0.717) is 23.6 Å². The summed E-state index contributed by atoms with van der Waals surface area (Å²) in [6, 6.07) is 17.3. The van der Waals surface area contributed by atoms with Gasteiger partial charge in [-0.3, -0.25) is 19.7 Å². The van der Waals surface area contributed by atoms with E-state index in [-0.39, 0.29) is 34.5 Å². The van der Waals surface area contributed by atoms with Crippen LogP contribution in [0.1, 0.15) is 22.8 Å². The molecule has 0 aliphatic carbocycles. The van der Waals surface area contributed by atoms with E-state index < -0.39 is 10.8 Å². The summed E-state index contributed by atoms with van der Waals surface area (Å²) in [6.45, 7) is 1.80. The Bertz CT molecular complexity index is 1250. The SMILES string of the molecule is CCOc1cc(/C=N/NC(=O)c2cccc([N+](=O)[O-])c2)cc(Cl)c1OCC(=O)Nc1ccccc1. The van der Waals surface area contributed by atoms with Crippen molar-refractivity contribution in [2.24, 2.45) is 5.10 Å². The van der Waals surface area contributed by atoms with Gasteiger partial charge in [0, 0.05) is 23.4 Å². The first-order valence-corrected chi connectivity index (χ1v) is 10.8. The van der Waals surface area contributed by atoms with Crippen LogP contribution < -0.4 is 20.2 Å². The average Bonchev–Trinajstić information content (AvgIpc) is 2.84. The number of nitro benzene ring substituents is 1. The van der Waals surface area contributed by atoms with Crippen LogP contribution in [0.15, 0.2) is 71.8 Å². The number of nitrogens with one attached hydrogen (secondary N) is 2. The number of nitro groups is 1. The van der Waals surface area contributed by atoms with Crippen molar-refractivity contribution in [2.75, 3.05) is 18.5 Å². The topological polar surface area (TPSA) is 132 Å². The summed E-state index contributed by atoms with van der Waals surface area (Å²) < 4.78 is 11.2. The van der Waals surface area contributed by atoms with Crippen molar-refractivity contribution in [2.45, 2.75) is 6.92 Å². The van der Waals surface area contributed by atoms with Gasteiger partial charge in [0.1, 0.15) is 0 Å². The molecule has 0 saturated heterocycles. The minimum atomic E-state index is -0.620. The van der Waals surface area contributed by atoms with Gasteiger partial charge in [-0.2, -0.15) is 5.10 Å². The Morgan fingerprint density at radius 1 is 1.09 bits per heavy atom. The Kier molecular flexibility index (Phi) is 8.74. The molecule has 11 heteroatoms. The Morgan fingerprint density at radius 2 is 1.86 bits per heavy atom. The number of para-hydroxylation sites is 1. The molecule has 3 aromatic carbocycles. The molecular formula is C24H21ClN4O6. The van der Waals surface area contributed by atoms with Crippen LogP contribution in [0.25, 0.3) is 0 Å². The Balaban J connectivity index is 1.67. The molecule has 35 heavy (non-hydrogen) atoms. The zero-order valence-electron chi connectivity index (χ0n) is 18.6. The van der Waals surface area contributed by atoms with Crippen molar-refractivity contribution in [3.05, 3.63) is 93.0 Å². The summed E-state index contributed by atoms with van der Waals surface area (Å²) in [5, 5.41) is 17.6. The third kappa shape index (κ3) is 7.27. The van der Waals surface area contributed by atoms with Gasteiger partial charge in [-0.05, 0) is 42.8 Å². The van der Waals surface area contributed by atoms with Gasteiger partial charge in [0.05, 0.1) is 22.8 Å². The Hall–Kier alpha value is -4.44. The van der Waals surface area contributed by atoms with Crippen molar-refractivity contribution in [3.8, 4) is 11.5 Å². The number of hydrogen-bond donors (Lipinski definition) is 2. The lowest BCUT2D eigenvalue weighted by molar-refractivity contribution is -0.384. The molecule has 2 amide bonds. The highest BCUT2D eigenvalue weighted by molar-refractivity contribution is 6.32. The van der Waals surface area contributed by atoms with Crippen LogP contribution in [-0.2, 0) is 4.79 Å². The normalized spacial score (nSPS) is 10.6. The quantitative estimate of drug-likeness (QED) is 0.242. The second kappa shape index (κ2) is 12.1. The van der Waals surface area contributed by atoms with Crippen LogP contribution in [0.5, 0.6) is 11.5 Å². The molecule has 0 radical (unpaired) electrons. The van der Waals surface area contributed by atoms with Crippen molar-refractivity contribution in [1.82, 2.24) is 5.43 Å². The highest BCUT2D eigenvalue weighted by Crippen LogP contribution is 2.36. The first kappa shape index (κ1) is 25.2. The van der Waals surface area contributed by atoms with E-state index in [1.54, 1.807) is 37.3 Å². The molecule has 0 heterocycles. The predicted octanol–water partition coefficient (Wildman–Crippen LogP) is 4.43. The lowest BCUT2D eigenvalue weighted by Crippen LogP contribution is -2.20. The summed E-state index contributed by atoms with van der Waals surface area (Å²) >= 11 is 6.35. The van der Waals surface area contributed by atoms with Gasteiger partial charge in [-0.15, -0.1) is 0 Å². The van der Waals surface area contributed by atoms with Gasteiger partial charge in [0.25, 0.3) is 17.5 Å². The van der Waals surface area contributed by atoms with E-state index in [2.05, 4.69) is 15.8 Å². The van der Waals surface area contributed by atoms with Gasteiger partial charge in [0.2, 0.25) is 0 Å². The maximum Gasteiger partial charge on any atom is 0.271 e. The highest BCUT2D eigenvalue weighted by atomic mass is 35.5. The second-order valence-electron chi connectivity index (χ2n) is 6.97. The number of hydrogen-bond acceptors (Lipinski definition) is 7. The standard InChI is InChI=1S/C24H21ClN4O6/c1-2-34-21-12-16(14-26-28-24(31)17-7-6-10-19(13-17)29(32)33)11-20(25)23(21)35-15-22(30)27-18-8-4-3-5-9-18/h3-14H,2,15H2,1H3,(H,27,30)(H,28,31)/b26-14+. The number of carbonyl (C=O) groups is 2. The fraction of sp³-hybridized carbons (Fsp3) is 0.125.